The molecule has 0 saturated carbocycles. The van der Waals surface area contributed by atoms with Crippen LogP contribution in [0.5, 0.6) is 5.75 Å². The van der Waals surface area contributed by atoms with E-state index in [0.717, 1.165) is 21.3 Å². The van der Waals surface area contributed by atoms with Gasteiger partial charge in [-0.05, 0) is 47.1 Å². The number of thioether (sulfide) groups is 1. The predicted octanol–water partition coefficient (Wildman–Crippen LogP) is 3.20. The molecule has 0 fully saturated rings. The Hall–Kier alpha value is -3.11. The molecule has 31 heavy (non-hydrogen) atoms. The van der Waals surface area contributed by atoms with Gasteiger partial charge in [-0.1, -0.05) is 33.8 Å². The molecule has 1 atom stereocenters. The first-order valence-electron chi connectivity index (χ1n) is 9.27. The van der Waals surface area contributed by atoms with Crippen LogP contribution in [0.3, 0.4) is 0 Å². The molecule has 2 aromatic carbocycles. The number of nitrogens with zero attached hydrogens (tertiary/aromatic N) is 2. The van der Waals surface area contributed by atoms with Crippen LogP contribution >= 0.6 is 27.7 Å². The van der Waals surface area contributed by atoms with E-state index in [0.29, 0.717) is 22.4 Å². The van der Waals surface area contributed by atoms with Crippen LogP contribution in [0, 0.1) is 0 Å². The van der Waals surface area contributed by atoms with Crippen molar-refractivity contribution in [2.45, 2.75) is 11.3 Å². The Kier molecular flexibility index (Phi) is 6.10. The zero-order chi connectivity index (χ0) is 22.0. The van der Waals surface area contributed by atoms with Crippen molar-refractivity contribution in [3.05, 3.63) is 75.5 Å². The van der Waals surface area contributed by atoms with Gasteiger partial charge in [-0.3, -0.25) is 9.78 Å². The van der Waals surface area contributed by atoms with Crippen molar-refractivity contribution in [2.24, 2.45) is 0 Å². The third-order valence-electron chi connectivity index (χ3n) is 4.53. The van der Waals surface area contributed by atoms with Gasteiger partial charge in [0.25, 0.3) is 6.17 Å². The van der Waals surface area contributed by atoms with Crippen molar-refractivity contribution < 1.29 is 19.3 Å². The molecule has 8 nitrogen and oxygen atoms in total. The highest BCUT2D eigenvalue weighted by Gasteiger charge is 2.37. The van der Waals surface area contributed by atoms with Gasteiger partial charge in [-0.15, -0.1) is 6.58 Å². The van der Waals surface area contributed by atoms with Gasteiger partial charge < -0.3 is 15.2 Å². The molecule has 158 valence electrons. The molecule has 3 aromatic rings. The number of benzene rings is 2. The summed E-state index contributed by atoms with van der Waals surface area (Å²) in [6, 6.07) is 12.7. The van der Waals surface area contributed by atoms with Crippen molar-refractivity contribution in [2.75, 3.05) is 17.7 Å². The maximum absolute atomic E-state index is 13.0. The van der Waals surface area contributed by atoms with Crippen molar-refractivity contribution in [1.82, 2.24) is 10.1 Å². The third kappa shape index (κ3) is 4.49. The number of fused-ring (bicyclic) bond motifs is 3. The number of hydrogen-bond donors (Lipinski definition) is 3. The fourth-order valence-corrected chi connectivity index (χ4v) is 4.18. The second-order valence-electron chi connectivity index (χ2n) is 6.64. The summed E-state index contributed by atoms with van der Waals surface area (Å²) in [6.07, 6.45) is 1.30. The number of ether oxygens (including phenoxy) is 1. The lowest BCUT2D eigenvalue weighted by Gasteiger charge is -2.22. The Morgan fingerprint density at radius 1 is 1.32 bits per heavy atom. The van der Waals surface area contributed by atoms with Gasteiger partial charge in [-0.25, -0.2) is 4.79 Å². The lowest BCUT2D eigenvalue weighted by molar-refractivity contribution is -0.759. The highest BCUT2D eigenvalue weighted by atomic mass is 79.9. The number of aromatic amines is 1. The molecule has 0 bridgehead atoms. The van der Waals surface area contributed by atoms with E-state index in [2.05, 4.69) is 37.9 Å². The minimum Gasteiger partial charge on any atom is -0.482 e. The van der Waals surface area contributed by atoms with Crippen molar-refractivity contribution in [3.8, 4) is 17.0 Å². The summed E-state index contributed by atoms with van der Waals surface area (Å²) in [4.78, 5) is 26.6. The van der Waals surface area contributed by atoms with Gasteiger partial charge in [-0.2, -0.15) is 0 Å². The predicted molar refractivity (Wildman–Crippen MR) is 120 cm³/mol. The molecular weight excluding hydrogens is 484 g/mol. The maximum atomic E-state index is 13.0. The Morgan fingerprint density at radius 2 is 2.10 bits per heavy atom. The molecule has 0 radical (unpaired) electrons. The number of hydrogen-bond acceptors (Lipinski definition) is 6. The summed E-state index contributed by atoms with van der Waals surface area (Å²) in [5.74, 6) is 0.00820. The van der Waals surface area contributed by atoms with E-state index in [1.165, 1.54) is 11.8 Å². The SMILES string of the molecule is C=CCSc1n[n+]2c(c(=O)[nH]1)-c1cc(Br)ccc1N[C@H]2c1ccc(OCC(=O)O)cc1. The second-order valence-corrected chi connectivity index (χ2v) is 8.56. The first-order valence-corrected chi connectivity index (χ1v) is 11.0. The molecular formula is C21H18BrN4O4S+. The van der Waals surface area contributed by atoms with Crippen molar-refractivity contribution in [3.63, 3.8) is 0 Å². The fraction of sp³-hybridized carbons (Fsp3) is 0.143. The molecule has 0 aliphatic carbocycles. The number of anilines is 1. The number of aliphatic carboxylic acids is 1. The standard InChI is InChI=1S/C21H17BrN4O4S/c1-2-9-31-21-24-20(29)18-15-10-13(22)5-8-16(15)23-19(26(18)25-21)12-3-6-14(7-4-12)30-11-17(27)28/h2-8,10,19H,1,9,11H2,(H2,24,25,27,28,29)/p+1/t19-/m1/s1. The summed E-state index contributed by atoms with van der Waals surface area (Å²) < 4.78 is 7.74. The van der Waals surface area contributed by atoms with Gasteiger partial charge in [0, 0.05) is 20.9 Å². The number of rotatable bonds is 7. The highest BCUT2D eigenvalue weighted by Crippen LogP contribution is 2.34. The molecule has 1 aliphatic heterocycles. The molecule has 3 N–H and O–H groups in total. The van der Waals surface area contributed by atoms with Crippen LogP contribution in [0.25, 0.3) is 11.3 Å². The van der Waals surface area contributed by atoms with E-state index in [9.17, 15) is 9.59 Å². The van der Waals surface area contributed by atoms with E-state index in [1.54, 1.807) is 22.9 Å². The van der Waals surface area contributed by atoms with Crippen molar-refractivity contribution >= 4 is 39.3 Å². The molecule has 2 heterocycles. The molecule has 10 heteroatoms. The zero-order valence-electron chi connectivity index (χ0n) is 16.2. The number of carbonyl (C=O) groups is 1. The zero-order valence-corrected chi connectivity index (χ0v) is 18.6. The Balaban J connectivity index is 1.79. The fourth-order valence-electron chi connectivity index (χ4n) is 3.23. The Labute approximate surface area is 190 Å². The van der Waals surface area contributed by atoms with E-state index in [1.807, 2.05) is 30.3 Å². The van der Waals surface area contributed by atoms with Crippen LogP contribution in [-0.4, -0.2) is 33.5 Å². The van der Waals surface area contributed by atoms with E-state index in [4.69, 9.17) is 9.84 Å². The maximum Gasteiger partial charge on any atom is 0.341 e. The first kappa shape index (κ1) is 21.1. The van der Waals surface area contributed by atoms with Crippen LogP contribution in [0.2, 0.25) is 0 Å². The number of halogens is 1. The molecule has 0 unspecified atom stereocenters. The summed E-state index contributed by atoms with van der Waals surface area (Å²) in [7, 11) is 0. The van der Waals surface area contributed by atoms with Crippen LogP contribution in [0.15, 0.2) is 69.5 Å². The molecule has 1 aromatic heterocycles. The molecule has 0 amide bonds. The van der Waals surface area contributed by atoms with Crippen molar-refractivity contribution in [1.29, 1.82) is 0 Å². The average Bonchev–Trinajstić information content (AvgIpc) is 2.76. The minimum atomic E-state index is -1.04. The van der Waals surface area contributed by atoms with Gasteiger partial charge >= 0.3 is 17.2 Å². The van der Waals surface area contributed by atoms with Crippen LogP contribution in [0.1, 0.15) is 11.7 Å². The normalized spacial score (nSPS) is 14.2. The number of nitrogens with one attached hydrogen (secondary N) is 2. The largest absolute Gasteiger partial charge is 0.482 e. The Bertz CT molecular complexity index is 1210. The van der Waals surface area contributed by atoms with E-state index in [-0.39, 0.29) is 5.56 Å². The first-order chi connectivity index (χ1) is 15.0. The molecule has 4 rings (SSSR count). The summed E-state index contributed by atoms with van der Waals surface area (Å²) in [6.45, 7) is 3.29. The number of carboxylic acids is 1. The van der Waals surface area contributed by atoms with Crippen LogP contribution < -0.4 is 20.3 Å². The number of H-pyrrole nitrogens is 1. The lowest BCUT2D eigenvalue weighted by Crippen LogP contribution is -2.55. The Morgan fingerprint density at radius 3 is 2.81 bits per heavy atom. The smallest absolute Gasteiger partial charge is 0.341 e. The topological polar surface area (TPSA) is 108 Å². The van der Waals surface area contributed by atoms with E-state index < -0.39 is 18.7 Å². The molecule has 1 aliphatic rings. The summed E-state index contributed by atoms with van der Waals surface area (Å²) in [5, 5.41) is 17.4. The minimum absolute atomic E-state index is 0.242. The monoisotopic (exact) mass is 501 g/mol. The summed E-state index contributed by atoms with van der Waals surface area (Å²) in [5.41, 5.74) is 2.57. The quantitative estimate of drug-likeness (QED) is 0.259. The number of carboxylic acid groups (broad SMARTS) is 1. The third-order valence-corrected chi connectivity index (χ3v) is 5.89. The molecule has 0 saturated heterocycles. The van der Waals surface area contributed by atoms with Gasteiger partial charge in [0.2, 0.25) is 5.16 Å². The lowest BCUT2D eigenvalue weighted by atomic mass is 10.0. The van der Waals surface area contributed by atoms with Crippen LogP contribution in [0.4, 0.5) is 5.69 Å². The van der Waals surface area contributed by atoms with Gasteiger partial charge in [0.15, 0.2) is 6.61 Å². The second kappa shape index (κ2) is 8.94. The number of aromatic nitrogens is 3. The van der Waals surface area contributed by atoms with Gasteiger partial charge in [0.1, 0.15) is 5.75 Å². The molecule has 0 spiro atoms. The van der Waals surface area contributed by atoms with Crippen LogP contribution in [-0.2, 0) is 4.79 Å². The van der Waals surface area contributed by atoms with E-state index >= 15 is 0 Å². The van der Waals surface area contributed by atoms with Gasteiger partial charge in [0.05, 0.1) is 11.3 Å². The average molecular weight is 502 g/mol. The summed E-state index contributed by atoms with van der Waals surface area (Å²) >= 11 is 4.85. The highest BCUT2D eigenvalue weighted by molar-refractivity contribution is 9.10.